The summed E-state index contributed by atoms with van der Waals surface area (Å²) in [7, 11) is 1.11. The number of hydrogen-bond acceptors (Lipinski definition) is 4. The smallest absolute Gasteiger partial charge is 0.261 e. The fourth-order valence-corrected chi connectivity index (χ4v) is 3.03. The van der Waals surface area contributed by atoms with E-state index in [0.717, 1.165) is 12.1 Å². The van der Waals surface area contributed by atoms with Gasteiger partial charge in [0.1, 0.15) is 5.82 Å². The van der Waals surface area contributed by atoms with E-state index < -0.39 is 25.7 Å². The second-order valence-electron chi connectivity index (χ2n) is 4.49. The van der Waals surface area contributed by atoms with E-state index in [-0.39, 0.29) is 23.8 Å². The summed E-state index contributed by atoms with van der Waals surface area (Å²) in [4.78, 5) is 11.6. The van der Waals surface area contributed by atoms with Gasteiger partial charge in [-0.2, -0.15) is 0 Å². The van der Waals surface area contributed by atoms with Crippen molar-refractivity contribution in [1.29, 1.82) is 0 Å². The van der Waals surface area contributed by atoms with Crippen LogP contribution in [0.2, 0.25) is 0 Å². The van der Waals surface area contributed by atoms with Crippen molar-refractivity contribution in [2.45, 2.75) is 31.8 Å². The molecule has 1 aromatic carbocycles. The Hall–Kier alpha value is -1.18. The lowest BCUT2D eigenvalue weighted by atomic mass is 10.1. The summed E-state index contributed by atoms with van der Waals surface area (Å²) < 4.78 is 41.5. The Morgan fingerprint density at radius 3 is 2.62 bits per heavy atom. The Morgan fingerprint density at radius 1 is 1.48 bits per heavy atom. The van der Waals surface area contributed by atoms with Crippen molar-refractivity contribution in [3.8, 4) is 0 Å². The summed E-state index contributed by atoms with van der Waals surface area (Å²) in [6, 6.07) is 1.76. The van der Waals surface area contributed by atoms with Crippen LogP contribution in [0.3, 0.4) is 0 Å². The number of ether oxygens (including phenoxy) is 1. The van der Waals surface area contributed by atoms with Gasteiger partial charge >= 0.3 is 0 Å². The summed E-state index contributed by atoms with van der Waals surface area (Å²) >= 11 is 0. The van der Waals surface area contributed by atoms with E-state index in [0.29, 0.717) is 6.61 Å². The van der Waals surface area contributed by atoms with E-state index in [9.17, 15) is 17.6 Å². The Balaban J connectivity index is 3.03. The van der Waals surface area contributed by atoms with Crippen LogP contribution in [0.15, 0.2) is 17.0 Å². The van der Waals surface area contributed by atoms with Crippen molar-refractivity contribution in [2.75, 3.05) is 13.2 Å². The van der Waals surface area contributed by atoms with E-state index in [1.807, 2.05) is 6.92 Å². The maximum Gasteiger partial charge on any atom is 0.261 e. The highest BCUT2D eigenvalue weighted by Gasteiger charge is 2.21. The lowest BCUT2D eigenvalue weighted by Gasteiger charge is -2.14. The van der Waals surface area contributed by atoms with Gasteiger partial charge in [0, 0.05) is 29.4 Å². The number of carbonyl (C=O) groups excluding carboxylic acids is 1. The van der Waals surface area contributed by atoms with Gasteiger partial charge in [-0.25, -0.2) is 12.8 Å². The first-order chi connectivity index (χ1) is 9.66. The summed E-state index contributed by atoms with van der Waals surface area (Å²) in [5.41, 5.74) is 0.0332. The maximum absolute atomic E-state index is 13.5. The molecule has 0 heterocycles. The van der Waals surface area contributed by atoms with Gasteiger partial charge in [0.2, 0.25) is 0 Å². The van der Waals surface area contributed by atoms with Crippen LogP contribution in [0.5, 0.6) is 0 Å². The third-order valence-electron chi connectivity index (χ3n) is 2.83. The topological polar surface area (TPSA) is 72.5 Å². The van der Waals surface area contributed by atoms with Crippen molar-refractivity contribution in [1.82, 2.24) is 5.32 Å². The minimum absolute atomic E-state index is 0.0714. The molecule has 8 heteroatoms. The maximum atomic E-state index is 13.5. The zero-order chi connectivity index (χ0) is 16.2. The molecule has 1 unspecified atom stereocenters. The molecule has 0 aliphatic heterocycles. The lowest BCUT2D eigenvalue weighted by Crippen LogP contribution is -2.32. The predicted octanol–water partition coefficient (Wildman–Crippen LogP) is 2.22. The molecule has 0 saturated heterocycles. The van der Waals surface area contributed by atoms with Crippen LogP contribution in [0, 0.1) is 12.7 Å². The Kier molecular flexibility index (Phi) is 6.12. The van der Waals surface area contributed by atoms with Gasteiger partial charge in [0.05, 0.1) is 11.0 Å². The molecule has 0 aromatic heterocycles. The third kappa shape index (κ3) is 4.94. The fourth-order valence-electron chi connectivity index (χ4n) is 1.82. The first-order valence-electron chi connectivity index (χ1n) is 6.31. The molecule has 0 radical (unpaired) electrons. The van der Waals surface area contributed by atoms with E-state index in [1.165, 1.54) is 6.92 Å². The summed E-state index contributed by atoms with van der Waals surface area (Å²) in [6.45, 7) is 5.73. The quantitative estimate of drug-likeness (QED) is 0.808. The van der Waals surface area contributed by atoms with Crippen molar-refractivity contribution < 1.29 is 22.3 Å². The summed E-state index contributed by atoms with van der Waals surface area (Å²) in [6.07, 6.45) is -0.205. The average molecular weight is 338 g/mol. The Bertz CT molecular complexity index is 633. The average Bonchev–Trinajstić information content (AvgIpc) is 2.37. The standard InChI is InChI=1S/C13H17ClFNO4S/c1-4-20-8(2)7-16-13(17)11-5-10(15)6-12(9(11)3)21(14,18)19/h5-6,8H,4,7H2,1-3H3,(H,16,17). The van der Waals surface area contributed by atoms with Crippen molar-refractivity contribution in [3.05, 3.63) is 29.1 Å². The molecule has 1 atom stereocenters. The molecule has 0 fully saturated rings. The summed E-state index contributed by atoms with van der Waals surface area (Å²) in [5, 5.41) is 2.56. The van der Waals surface area contributed by atoms with Crippen molar-refractivity contribution >= 4 is 25.6 Å². The molecule has 5 nitrogen and oxygen atoms in total. The molecule has 0 spiro atoms. The van der Waals surface area contributed by atoms with Gasteiger partial charge in [-0.05, 0) is 38.5 Å². The van der Waals surface area contributed by atoms with Gasteiger partial charge in [-0.3, -0.25) is 4.79 Å². The molecule has 1 N–H and O–H groups in total. The molecule has 0 bridgehead atoms. The number of rotatable bonds is 6. The SMILES string of the molecule is CCOC(C)CNC(=O)c1cc(F)cc(S(=O)(=O)Cl)c1C. The van der Waals surface area contributed by atoms with Gasteiger partial charge in [0.25, 0.3) is 15.0 Å². The van der Waals surface area contributed by atoms with Crippen molar-refractivity contribution in [2.24, 2.45) is 0 Å². The number of carbonyl (C=O) groups is 1. The Labute approximate surface area is 127 Å². The van der Waals surface area contributed by atoms with Crippen LogP contribution in [0.4, 0.5) is 4.39 Å². The molecular weight excluding hydrogens is 321 g/mol. The minimum Gasteiger partial charge on any atom is -0.377 e. The van der Waals surface area contributed by atoms with Crippen molar-refractivity contribution in [3.63, 3.8) is 0 Å². The Morgan fingerprint density at radius 2 is 2.10 bits per heavy atom. The highest BCUT2D eigenvalue weighted by molar-refractivity contribution is 8.13. The molecule has 1 rings (SSSR count). The first kappa shape index (κ1) is 17.9. The molecule has 118 valence electrons. The minimum atomic E-state index is -4.12. The summed E-state index contributed by atoms with van der Waals surface area (Å²) in [5.74, 6) is -1.43. The number of halogens is 2. The molecule has 0 aliphatic carbocycles. The molecular formula is C13H17ClFNO4S. The number of hydrogen-bond donors (Lipinski definition) is 1. The molecule has 1 amide bonds. The lowest BCUT2D eigenvalue weighted by molar-refractivity contribution is 0.0694. The second-order valence-corrected chi connectivity index (χ2v) is 7.02. The normalized spacial score (nSPS) is 13.0. The van der Waals surface area contributed by atoms with Gasteiger partial charge in [-0.1, -0.05) is 0 Å². The predicted molar refractivity (Wildman–Crippen MR) is 77.6 cm³/mol. The molecule has 0 saturated carbocycles. The zero-order valence-corrected chi connectivity index (χ0v) is 13.5. The van der Waals surface area contributed by atoms with Crippen LogP contribution >= 0.6 is 10.7 Å². The van der Waals surface area contributed by atoms with E-state index >= 15 is 0 Å². The van der Waals surface area contributed by atoms with Gasteiger partial charge in [-0.15, -0.1) is 0 Å². The molecule has 21 heavy (non-hydrogen) atoms. The fraction of sp³-hybridized carbons (Fsp3) is 0.462. The third-order valence-corrected chi connectivity index (χ3v) is 4.28. The van der Waals surface area contributed by atoms with Crippen LogP contribution < -0.4 is 5.32 Å². The van der Waals surface area contributed by atoms with Gasteiger partial charge < -0.3 is 10.1 Å². The second kappa shape index (κ2) is 7.20. The highest BCUT2D eigenvalue weighted by Crippen LogP contribution is 2.24. The zero-order valence-electron chi connectivity index (χ0n) is 11.9. The van der Waals surface area contributed by atoms with Crippen LogP contribution in [0.1, 0.15) is 29.8 Å². The largest absolute Gasteiger partial charge is 0.377 e. The van der Waals surface area contributed by atoms with Crippen LogP contribution in [-0.4, -0.2) is 33.6 Å². The number of benzene rings is 1. The van der Waals surface area contributed by atoms with E-state index in [1.54, 1.807) is 6.92 Å². The monoisotopic (exact) mass is 337 g/mol. The van der Waals surface area contributed by atoms with Crippen LogP contribution in [0.25, 0.3) is 0 Å². The highest BCUT2D eigenvalue weighted by atomic mass is 35.7. The molecule has 1 aromatic rings. The number of amides is 1. The van der Waals surface area contributed by atoms with Crippen LogP contribution in [-0.2, 0) is 13.8 Å². The molecule has 0 aliphatic rings. The van der Waals surface area contributed by atoms with E-state index in [2.05, 4.69) is 5.32 Å². The van der Waals surface area contributed by atoms with E-state index in [4.69, 9.17) is 15.4 Å². The van der Waals surface area contributed by atoms with Gasteiger partial charge in [0.15, 0.2) is 0 Å². The number of nitrogens with one attached hydrogen (secondary N) is 1. The first-order valence-corrected chi connectivity index (χ1v) is 8.62.